The average molecular weight is 411 g/mol. The van der Waals surface area contributed by atoms with Gasteiger partial charge >= 0.3 is 0 Å². The summed E-state index contributed by atoms with van der Waals surface area (Å²) in [6.45, 7) is 4.00. The van der Waals surface area contributed by atoms with Crippen LogP contribution in [0.2, 0.25) is 0 Å². The van der Waals surface area contributed by atoms with E-state index in [9.17, 15) is 4.79 Å². The number of hydrogen-bond donors (Lipinski definition) is 1. The average Bonchev–Trinajstić information content (AvgIpc) is 2.50. The van der Waals surface area contributed by atoms with E-state index in [0.29, 0.717) is 0 Å². The van der Waals surface area contributed by atoms with Crippen molar-refractivity contribution in [3.63, 3.8) is 0 Å². The van der Waals surface area contributed by atoms with Gasteiger partial charge in [0.15, 0.2) is 0 Å². The maximum atomic E-state index is 12.4. The van der Waals surface area contributed by atoms with Crippen molar-refractivity contribution in [3.8, 4) is 0 Å². The molecule has 0 unspecified atom stereocenters. The number of nitrogens with one attached hydrogen (secondary N) is 1. The molecule has 0 saturated carbocycles. The second-order valence-electron chi connectivity index (χ2n) is 5.02. The molecule has 2 nitrogen and oxygen atoms in total. The van der Waals surface area contributed by atoms with Crippen LogP contribution in [0, 0.1) is 13.8 Å². The number of rotatable bonds is 4. The third kappa shape index (κ3) is 4.17. The molecule has 0 bridgehead atoms. The normalized spacial score (nSPS) is 13.5. The molecule has 2 aromatic rings. The minimum Gasteiger partial charge on any atom is -0.325 e. The van der Waals surface area contributed by atoms with Crippen LogP contribution in [0.15, 0.2) is 48.5 Å². The van der Waals surface area contributed by atoms with Crippen LogP contribution in [0.25, 0.3) is 0 Å². The summed E-state index contributed by atoms with van der Waals surface area (Å²) >= 11 is 7.08. The van der Waals surface area contributed by atoms with E-state index in [-0.39, 0.29) is 15.6 Å². The van der Waals surface area contributed by atoms with Gasteiger partial charge in [-0.25, -0.2) is 0 Å². The van der Waals surface area contributed by atoms with Crippen molar-refractivity contribution >= 4 is 43.5 Å². The van der Waals surface area contributed by atoms with E-state index in [4.69, 9.17) is 0 Å². The van der Waals surface area contributed by atoms with Crippen LogP contribution in [0.5, 0.6) is 0 Å². The Morgan fingerprint density at radius 3 is 2.38 bits per heavy atom. The maximum Gasteiger partial charge on any atom is 0.239 e. The van der Waals surface area contributed by atoms with Gasteiger partial charge in [-0.3, -0.25) is 4.79 Å². The van der Waals surface area contributed by atoms with Gasteiger partial charge in [0.25, 0.3) is 0 Å². The Hall–Kier alpha value is -1.13. The lowest BCUT2D eigenvalue weighted by Crippen LogP contribution is -2.26. The number of halogens is 2. The van der Waals surface area contributed by atoms with Crippen LogP contribution in [-0.4, -0.2) is 10.7 Å². The predicted molar refractivity (Wildman–Crippen MR) is 95.4 cm³/mol. The van der Waals surface area contributed by atoms with E-state index in [1.165, 1.54) is 0 Å². The second-order valence-corrected chi connectivity index (χ2v) is 6.99. The van der Waals surface area contributed by atoms with Crippen LogP contribution in [0.1, 0.15) is 21.5 Å². The van der Waals surface area contributed by atoms with Crippen LogP contribution in [0.4, 0.5) is 5.69 Å². The standard InChI is InChI=1S/C17H17Br2NO/c1-11-8-9-12(2)14(10-11)20-17(21)16(19)15(18)13-6-4-3-5-7-13/h3-10,15-16H,1-2H3,(H,20,21)/t15-,16-/m1/s1. The fourth-order valence-electron chi connectivity index (χ4n) is 2.01. The Balaban J connectivity index is 2.11. The van der Waals surface area contributed by atoms with Gasteiger partial charge in [-0.15, -0.1) is 0 Å². The first-order valence-corrected chi connectivity index (χ1v) is 8.53. The van der Waals surface area contributed by atoms with Crippen molar-refractivity contribution in [3.05, 3.63) is 65.2 Å². The summed E-state index contributed by atoms with van der Waals surface area (Å²) in [6, 6.07) is 15.9. The molecular weight excluding hydrogens is 394 g/mol. The zero-order valence-corrected chi connectivity index (χ0v) is 15.1. The van der Waals surface area contributed by atoms with Crippen LogP contribution < -0.4 is 5.32 Å². The van der Waals surface area contributed by atoms with Gasteiger partial charge in [-0.2, -0.15) is 0 Å². The molecule has 0 fully saturated rings. The molecule has 0 aliphatic carbocycles. The monoisotopic (exact) mass is 409 g/mol. The van der Waals surface area contributed by atoms with E-state index in [2.05, 4.69) is 37.2 Å². The number of carbonyl (C=O) groups is 1. The Kier molecular flexibility index (Phi) is 5.59. The van der Waals surface area contributed by atoms with Crippen molar-refractivity contribution in [2.75, 3.05) is 5.32 Å². The number of hydrogen-bond acceptors (Lipinski definition) is 1. The zero-order chi connectivity index (χ0) is 15.4. The van der Waals surface area contributed by atoms with Crippen molar-refractivity contribution in [2.24, 2.45) is 0 Å². The van der Waals surface area contributed by atoms with Gasteiger partial charge in [0.2, 0.25) is 5.91 Å². The lowest BCUT2D eigenvalue weighted by atomic mass is 10.1. The topological polar surface area (TPSA) is 29.1 Å². The molecule has 0 heterocycles. The first-order chi connectivity index (χ1) is 9.99. The van der Waals surface area contributed by atoms with Gasteiger partial charge in [0.05, 0.1) is 4.83 Å². The fraction of sp³-hybridized carbons (Fsp3) is 0.235. The molecule has 0 aliphatic rings. The van der Waals surface area contributed by atoms with Crippen LogP contribution >= 0.6 is 31.9 Å². The number of anilines is 1. The van der Waals surface area contributed by atoms with Gasteiger partial charge < -0.3 is 5.32 Å². The van der Waals surface area contributed by atoms with E-state index >= 15 is 0 Å². The van der Waals surface area contributed by atoms with Crippen molar-refractivity contribution < 1.29 is 4.79 Å². The van der Waals surface area contributed by atoms with Crippen molar-refractivity contribution in [1.82, 2.24) is 0 Å². The molecule has 0 saturated heterocycles. The minimum atomic E-state index is -0.347. The smallest absolute Gasteiger partial charge is 0.239 e. The molecule has 2 rings (SSSR count). The number of alkyl halides is 2. The van der Waals surface area contributed by atoms with E-state index in [0.717, 1.165) is 22.4 Å². The molecule has 0 aliphatic heterocycles. The van der Waals surface area contributed by atoms with E-state index in [1.807, 2.05) is 62.4 Å². The Bertz CT molecular complexity index is 628. The third-order valence-electron chi connectivity index (χ3n) is 3.28. The second kappa shape index (κ2) is 7.23. The molecule has 1 amide bonds. The molecule has 21 heavy (non-hydrogen) atoms. The lowest BCUT2D eigenvalue weighted by Gasteiger charge is -2.18. The molecule has 0 radical (unpaired) electrons. The number of amides is 1. The first kappa shape index (κ1) is 16.2. The highest BCUT2D eigenvalue weighted by atomic mass is 79.9. The van der Waals surface area contributed by atoms with Crippen LogP contribution in [0.3, 0.4) is 0 Å². The summed E-state index contributed by atoms with van der Waals surface area (Å²) in [4.78, 5) is 12.0. The van der Waals surface area contributed by atoms with Crippen molar-refractivity contribution in [2.45, 2.75) is 23.5 Å². The molecule has 110 valence electrons. The maximum absolute atomic E-state index is 12.4. The summed E-state index contributed by atoms with van der Waals surface area (Å²) in [6.07, 6.45) is 0. The largest absolute Gasteiger partial charge is 0.325 e. The molecule has 0 aromatic heterocycles. The van der Waals surface area contributed by atoms with Crippen LogP contribution in [-0.2, 0) is 4.79 Å². The quantitative estimate of drug-likeness (QED) is 0.694. The number of aryl methyl sites for hydroxylation is 2. The first-order valence-electron chi connectivity index (χ1n) is 6.70. The van der Waals surface area contributed by atoms with Gasteiger partial charge in [0.1, 0.15) is 4.83 Å². The lowest BCUT2D eigenvalue weighted by molar-refractivity contribution is -0.115. The predicted octanol–water partition coefficient (Wildman–Crippen LogP) is 5.14. The summed E-state index contributed by atoms with van der Waals surface area (Å²) < 4.78 is 0. The van der Waals surface area contributed by atoms with E-state index < -0.39 is 0 Å². The van der Waals surface area contributed by atoms with E-state index in [1.54, 1.807) is 0 Å². The van der Waals surface area contributed by atoms with Gasteiger partial charge in [0, 0.05) is 5.69 Å². The minimum absolute atomic E-state index is 0.0607. The molecule has 0 spiro atoms. The van der Waals surface area contributed by atoms with Crippen molar-refractivity contribution in [1.29, 1.82) is 0 Å². The molecule has 1 N–H and O–H groups in total. The number of benzene rings is 2. The molecule has 4 heteroatoms. The zero-order valence-electron chi connectivity index (χ0n) is 11.9. The third-order valence-corrected chi connectivity index (χ3v) is 5.99. The highest BCUT2D eigenvalue weighted by Crippen LogP contribution is 2.32. The fourth-order valence-corrected chi connectivity index (χ4v) is 2.98. The highest BCUT2D eigenvalue weighted by molar-refractivity contribution is 9.12. The number of carbonyl (C=O) groups excluding carboxylic acids is 1. The molecule has 2 aromatic carbocycles. The Morgan fingerprint density at radius 1 is 1.05 bits per heavy atom. The Labute approximate surface area is 142 Å². The highest BCUT2D eigenvalue weighted by Gasteiger charge is 2.25. The molecular formula is C17H17Br2NO. The summed E-state index contributed by atoms with van der Waals surface area (Å²) in [5.41, 5.74) is 4.10. The Morgan fingerprint density at radius 2 is 1.71 bits per heavy atom. The summed E-state index contributed by atoms with van der Waals surface area (Å²) in [5, 5.41) is 2.99. The van der Waals surface area contributed by atoms with Gasteiger partial charge in [-0.05, 0) is 36.6 Å². The summed E-state index contributed by atoms with van der Waals surface area (Å²) in [7, 11) is 0. The van der Waals surface area contributed by atoms with Gasteiger partial charge in [-0.1, -0.05) is 74.3 Å². The molecule has 2 atom stereocenters. The SMILES string of the molecule is Cc1ccc(C)c(NC(=O)[C@H](Br)[C@H](Br)c2ccccc2)c1. The summed E-state index contributed by atoms with van der Waals surface area (Å²) in [5.74, 6) is -0.0607.